The van der Waals surface area contributed by atoms with Gasteiger partial charge >= 0.3 is 5.97 Å². The first kappa shape index (κ1) is 18.8. The highest BCUT2D eigenvalue weighted by atomic mass is 79.9. The molecule has 0 atom stereocenters. The molecule has 0 aliphatic heterocycles. The molecule has 0 spiro atoms. The van der Waals surface area contributed by atoms with E-state index in [0.29, 0.717) is 17.2 Å². The fourth-order valence-electron chi connectivity index (χ4n) is 1.95. The summed E-state index contributed by atoms with van der Waals surface area (Å²) in [5.41, 5.74) is 1.62. The Bertz CT molecular complexity index is 763. The lowest BCUT2D eigenvalue weighted by atomic mass is 10.2. The molecule has 132 valence electrons. The van der Waals surface area contributed by atoms with Crippen LogP contribution in [-0.2, 0) is 14.3 Å². The fraction of sp³-hybridized carbons (Fsp3) is 0.222. The van der Waals surface area contributed by atoms with Crippen molar-refractivity contribution in [1.82, 2.24) is 0 Å². The zero-order valence-corrected chi connectivity index (χ0v) is 15.5. The summed E-state index contributed by atoms with van der Waals surface area (Å²) in [7, 11) is 1.54. The first-order valence-corrected chi connectivity index (χ1v) is 8.25. The van der Waals surface area contributed by atoms with Crippen LogP contribution in [0.25, 0.3) is 0 Å². The van der Waals surface area contributed by atoms with Crippen molar-refractivity contribution in [2.24, 2.45) is 0 Å². The largest absolute Gasteiger partial charge is 0.497 e. The first-order chi connectivity index (χ1) is 12.0. The Morgan fingerprint density at radius 1 is 1.12 bits per heavy atom. The lowest BCUT2D eigenvalue weighted by Crippen LogP contribution is -2.23. The molecule has 0 bridgehead atoms. The minimum Gasteiger partial charge on any atom is -0.497 e. The molecule has 1 N–H and O–H groups in total. The second-order valence-corrected chi connectivity index (χ2v) is 6.02. The number of carbonyl (C=O) groups is 2. The van der Waals surface area contributed by atoms with Gasteiger partial charge in [0.05, 0.1) is 11.6 Å². The van der Waals surface area contributed by atoms with Gasteiger partial charge in [-0.2, -0.15) is 0 Å². The molecule has 0 radical (unpaired) electrons. The third-order valence-electron chi connectivity index (χ3n) is 3.15. The van der Waals surface area contributed by atoms with E-state index in [0.717, 1.165) is 10.0 Å². The molecular weight excluding hydrogens is 390 g/mol. The van der Waals surface area contributed by atoms with Gasteiger partial charge in [0.15, 0.2) is 13.2 Å². The van der Waals surface area contributed by atoms with Gasteiger partial charge in [-0.05, 0) is 52.7 Å². The molecule has 0 fully saturated rings. The van der Waals surface area contributed by atoms with E-state index in [2.05, 4.69) is 21.2 Å². The van der Waals surface area contributed by atoms with Gasteiger partial charge in [0.1, 0.15) is 11.5 Å². The fourth-order valence-corrected chi connectivity index (χ4v) is 2.55. The Morgan fingerprint density at radius 3 is 2.64 bits per heavy atom. The number of hydrogen-bond donors (Lipinski definition) is 1. The minimum atomic E-state index is -0.631. The molecule has 0 aliphatic carbocycles. The Kier molecular flexibility index (Phi) is 6.82. The van der Waals surface area contributed by atoms with Crippen LogP contribution in [0.15, 0.2) is 46.9 Å². The highest BCUT2D eigenvalue weighted by molar-refractivity contribution is 9.10. The number of hydrogen-bond acceptors (Lipinski definition) is 5. The maximum atomic E-state index is 11.8. The van der Waals surface area contributed by atoms with E-state index in [4.69, 9.17) is 14.2 Å². The predicted molar refractivity (Wildman–Crippen MR) is 97.0 cm³/mol. The smallest absolute Gasteiger partial charge is 0.344 e. The summed E-state index contributed by atoms with van der Waals surface area (Å²) in [6, 6.07) is 12.4. The van der Waals surface area contributed by atoms with E-state index in [1.165, 1.54) is 7.11 Å². The molecule has 2 aromatic rings. The van der Waals surface area contributed by atoms with E-state index in [1.54, 1.807) is 30.3 Å². The number of amides is 1. The number of esters is 1. The van der Waals surface area contributed by atoms with Gasteiger partial charge in [-0.15, -0.1) is 0 Å². The van der Waals surface area contributed by atoms with Gasteiger partial charge in [-0.25, -0.2) is 4.79 Å². The number of halogens is 1. The molecule has 25 heavy (non-hydrogen) atoms. The lowest BCUT2D eigenvalue weighted by Gasteiger charge is -2.10. The first-order valence-electron chi connectivity index (χ1n) is 7.46. The molecule has 6 nitrogen and oxygen atoms in total. The number of benzene rings is 2. The minimum absolute atomic E-state index is 0.284. The molecule has 1 amide bonds. The van der Waals surface area contributed by atoms with Crippen molar-refractivity contribution in [2.75, 3.05) is 25.6 Å². The molecule has 0 unspecified atom stereocenters. The predicted octanol–water partition coefficient (Wildman–Crippen LogP) is 3.33. The van der Waals surface area contributed by atoms with Crippen molar-refractivity contribution in [1.29, 1.82) is 0 Å². The van der Waals surface area contributed by atoms with Crippen LogP contribution in [0.4, 0.5) is 5.69 Å². The van der Waals surface area contributed by atoms with E-state index in [1.807, 2.05) is 19.1 Å². The van der Waals surface area contributed by atoms with Crippen molar-refractivity contribution in [3.63, 3.8) is 0 Å². The van der Waals surface area contributed by atoms with Gasteiger partial charge < -0.3 is 19.5 Å². The third-order valence-corrected chi connectivity index (χ3v) is 3.77. The Hall–Kier alpha value is -2.54. The van der Waals surface area contributed by atoms with E-state index >= 15 is 0 Å². The van der Waals surface area contributed by atoms with Crippen LogP contribution < -0.4 is 14.8 Å². The summed E-state index contributed by atoms with van der Waals surface area (Å²) in [4.78, 5) is 23.5. The number of ether oxygens (including phenoxy) is 3. The van der Waals surface area contributed by atoms with Gasteiger partial charge in [0.25, 0.3) is 5.91 Å². The van der Waals surface area contributed by atoms with Crippen molar-refractivity contribution >= 4 is 33.5 Å². The van der Waals surface area contributed by atoms with E-state index in [9.17, 15) is 9.59 Å². The van der Waals surface area contributed by atoms with Gasteiger partial charge in [0.2, 0.25) is 0 Å². The second kappa shape index (κ2) is 9.08. The highest BCUT2D eigenvalue weighted by Gasteiger charge is 2.10. The summed E-state index contributed by atoms with van der Waals surface area (Å²) >= 11 is 3.36. The van der Waals surface area contributed by atoms with Gasteiger partial charge in [-0.1, -0.05) is 12.1 Å². The van der Waals surface area contributed by atoms with Crippen molar-refractivity contribution in [2.45, 2.75) is 6.92 Å². The standard InChI is InChI=1S/C18H18BrNO5/c1-12-6-7-16(15(19)8-12)24-11-18(22)25-10-17(21)20-13-4-3-5-14(9-13)23-2/h3-9H,10-11H2,1-2H3,(H,20,21). The Morgan fingerprint density at radius 2 is 1.92 bits per heavy atom. The maximum absolute atomic E-state index is 11.8. The summed E-state index contributed by atoms with van der Waals surface area (Å²) < 4.78 is 16.1. The van der Waals surface area contributed by atoms with Crippen LogP contribution in [0.3, 0.4) is 0 Å². The highest BCUT2D eigenvalue weighted by Crippen LogP contribution is 2.25. The SMILES string of the molecule is COc1cccc(NC(=O)COC(=O)COc2ccc(C)cc2Br)c1. The molecular formula is C18H18BrNO5. The molecule has 0 saturated carbocycles. The summed E-state index contributed by atoms with van der Waals surface area (Å²) in [5.74, 6) is 0.0710. The molecule has 0 saturated heterocycles. The molecule has 7 heteroatoms. The average Bonchev–Trinajstić information content (AvgIpc) is 2.59. The van der Waals surface area contributed by atoms with Crippen LogP contribution in [0.5, 0.6) is 11.5 Å². The normalized spacial score (nSPS) is 10.0. The van der Waals surface area contributed by atoms with Crippen molar-refractivity contribution in [3.05, 3.63) is 52.5 Å². The number of nitrogens with one attached hydrogen (secondary N) is 1. The van der Waals surface area contributed by atoms with E-state index in [-0.39, 0.29) is 6.61 Å². The monoisotopic (exact) mass is 407 g/mol. The molecule has 0 aliphatic rings. The number of methoxy groups -OCH3 is 1. The van der Waals surface area contributed by atoms with Crippen LogP contribution in [0, 0.1) is 6.92 Å². The number of rotatable bonds is 7. The average molecular weight is 408 g/mol. The molecule has 0 aromatic heterocycles. The van der Waals surface area contributed by atoms with E-state index < -0.39 is 18.5 Å². The van der Waals surface area contributed by atoms with Crippen LogP contribution in [0.2, 0.25) is 0 Å². The molecule has 2 aromatic carbocycles. The van der Waals surface area contributed by atoms with Crippen molar-refractivity contribution in [3.8, 4) is 11.5 Å². The Balaban J connectivity index is 1.76. The summed E-state index contributed by atoms with van der Waals surface area (Å²) in [6.45, 7) is 1.27. The summed E-state index contributed by atoms with van der Waals surface area (Å²) in [6.07, 6.45) is 0. The second-order valence-electron chi connectivity index (χ2n) is 5.16. The van der Waals surface area contributed by atoms with Gasteiger partial charge in [-0.3, -0.25) is 4.79 Å². The lowest BCUT2D eigenvalue weighted by molar-refractivity contribution is -0.149. The molecule has 2 rings (SSSR count). The quantitative estimate of drug-likeness (QED) is 0.712. The number of carbonyl (C=O) groups excluding carboxylic acids is 2. The zero-order chi connectivity index (χ0) is 18.2. The third kappa shape index (κ3) is 6.11. The Labute approximate surface area is 154 Å². The summed E-state index contributed by atoms with van der Waals surface area (Å²) in [5, 5.41) is 2.62. The topological polar surface area (TPSA) is 73.9 Å². The zero-order valence-electron chi connectivity index (χ0n) is 13.9. The van der Waals surface area contributed by atoms with Crippen molar-refractivity contribution < 1.29 is 23.8 Å². The van der Waals surface area contributed by atoms with Crippen LogP contribution >= 0.6 is 15.9 Å². The van der Waals surface area contributed by atoms with Crippen LogP contribution in [0.1, 0.15) is 5.56 Å². The number of aryl methyl sites for hydroxylation is 1. The molecule has 0 heterocycles. The maximum Gasteiger partial charge on any atom is 0.344 e. The van der Waals surface area contributed by atoms with Gasteiger partial charge in [0, 0.05) is 11.8 Å². The number of anilines is 1. The van der Waals surface area contributed by atoms with Crippen LogP contribution in [-0.4, -0.2) is 32.2 Å².